The van der Waals surface area contributed by atoms with Gasteiger partial charge < -0.3 is 5.32 Å². The van der Waals surface area contributed by atoms with E-state index in [-0.39, 0.29) is 0 Å². The zero-order chi connectivity index (χ0) is 15.1. The Hall–Kier alpha value is -1.97. The predicted molar refractivity (Wildman–Crippen MR) is 85.0 cm³/mol. The van der Waals surface area contributed by atoms with Crippen LogP contribution in [0.2, 0.25) is 0 Å². The molecule has 2 aromatic rings. The summed E-state index contributed by atoms with van der Waals surface area (Å²) in [7, 11) is 2.04. The summed E-state index contributed by atoms with van der Waals surface area (Å²) in [5, 5.41) is 22.4. The Kier molecular flexibility index (Phi) is 5.67. The molecule has 0 amide bonds. The molecule has 1 heterocycles. The molecule has 1 aromatic carbocycles. The van der Waals surface area contributed by atoms with Crippen molar-refractivity contribution in [3.05, 3.63) is 40.4 Å². The van der Waals surface area contributed by atoms with Crippen LogP contribution in [0.4, 0.5) is 5.13 Å². The van der Waals surface area contributed by atoms with Crippen molar-refractivity contribution in [2.75, 3.05) is 18.9 Å². The number of hydrogen-bond donors (Lipinski definition) is 1. The van der Waals surface area contributed by atoms with Crippen LogP contribution in [-0.4, -0.2) is 28.7 Å². The van der Waals surface area contributed by atoms with Gasteiger partial charge in [0.25, 0.3) is 0 Å². The second-order valence-electron chi connectivity index (χ2n) is 4.91. The molecule has 21 heavy (non-hydrogen) atoms. The van der Waals surface area contributed by atoms with Gasteiger partial charge in [0.05, 0.1) is 18.2 Å². The minimum Gasteiger partial charge on any atom is -0.360 e. The SMILES string of the molecule is CCCNc1nnc(CN(C)Cc2cccc(C#N)c2)s1. The van der Waals surface area contributed by atoms with Crippen molar-refractivity contribution in [1.82, 2.24) is 15.1 Å². The first-order valence-corrected chi connectivity index (χ1v) is 7.76. The highest BCUT2D eigenvalue weighted by molar-refractivity contribution is 7.15. The van der Waals surface area contributed by atoms with Crippen molar-refractivity contribution in [3.63, 3.8) is 0 Å². The molecule has 0 spiro atoms. The fourth-order valence-electron chi connectivity index (χ4n) is 1.96. The second kappa shape index (κ2) is 7.72. The Morgan fingerprint density at radius 1 is 1.33 bits per heavy atom. The topological polar surface area (TPSA) is 64.8 Å². The number of nitrogens with zero attached hydrogens (tertiary/aromatic N) is 4. The summed E-state index contributed by atoms with van der Waals surface area (Å²) in [5.74, 6) is 0. The molecule has 1 aromatic heterocycles. The number of hydrogen-bond acceptors (Lipinski definition) is 6. The molecule has 0 unspecified atom stereocenters. The van der Waals surface area contributed by atoms with Gasteiger partial charge in [0, 0.05) is 13.1 Å². The van der Waals surface area contributed by atoms with Crippen molar-refractivity contribution in [2.24, 2.45) is 0 Å². The molecule has 0 bridgehead atoms. The van der Waals surface area contributed by atoms with Crippen molar-refractivity contribution in [3.8, 4) is 6.07 Å². The van der Waals surface area contributed by atoms with E-state index in [9.17, 15) is 0 Å². The molecule has 5 nitrogen and oxygen atoms in total. The predicted octanol–water partition coefficient (Wildman–Crippen LogP) is 2.86. The summed E-state index contributed by atoms with van der Waals surface area (Å²) in [6.07, 6.45) is 1.07. The highest BCUT2D eigenvalue weighted by Crippen LogP contribution is 2.17. The van der Waals surface area contributed by atoms with Gasteiger partial charge in [0.2, 0.25) is 5.13 Å². The van der Waals surface area contributed by atoms with Gasteiger partial charge in [0.15, 0.2) is 0 Å². The number of aromatic nitrogens is 2. The molecular weight excluding hydrogens is 282 g/mol. The molecule has 2 rings (SSSR count). The summed E-state index contributed by atoms with van der Waals surface area (Å²) in [6, 6.07) is 9.86. The van der Waals surface area contributed by atoms with E-state index < -0.39 is 0 Å². The van der Waals surface area contributed by atoms with E-state index in [0.717, 1.165) is 41.8 Å². The lowest BCUT2D eigenvalue weighted by molar-refractivity contribution is 0.317. The van der Waals surface area contributed by atoms with Gasteiger partial charge in [-0.1, -0.05) is 30.4 Å². The minimum atomic E-state index is 0.697. The van der Waals surface area contributed by atoms with Gasteiger partial charge in [-0.25, -0.2) is 0 Å². The van der Waals surface area contributed by atoms with E-state index >= 15 is 0 Å². The Morgan fingerprint density at radius 3 is 2.95 bits per heavy atom. The number of nitrogens with one attached hydrogen (secondary N) is 1. The van der Waals surface area contributed by atoms with Crippen LogP contribution in [0.15, 0.2) is 24.3 Å². The summed E-state index contributed by atoms with van der Waals surface area (Å²) in [4.78, 5) is 2.17. The lowest BCUT2D eigenvalue weighted by atomic mass is 10.1. The molecule has 0 saturated heterocycles. The van der Waals surface area contributed by atoms with Gasteiger partial charge in [-0.2, -0.15) is 5.26 Å². The highest BCUT2D eigenvalue weighted by atomic mass is 32.1. The normalized spacial score (nSPS) is 10.6. The third-order valence-corrected chi connectivity index (χ3v) is 3.77. The Bertz CT molecular complexity index is 617. The van der Waals surface area contributed by atoms with Crippen LogP contribution in [-0.2, 0) is 13.1 Å². The zero-order valence-corrected chi connectivity index (χ0v) is 13.2. The van der Waals surface area contributed by atoms with E-state index in [4.69, 9.17) is 5.26 Å². The number of anilines is 1. The van der Waals surface area contributed by atoms with Crippen molar-refractivity contribution < 1.29 is 0 Å². The van der Waals surface area contributed by atoms with Crippen molar-refractivity contribution in [1.29, 1.82) is 5.26 Å². The molecule has 0 radical (unpaired) electrons. The van der Waals surface area contributed by atoms with Crippen LogP contribution in [0.25, 0.3) is 0 Å². The van der Waals surface area contributed by atoms with E-state index in [2.05, 4.69) is 33.4 Å². The maximum atomic E-state index is 8.92. The molecule has 1 N–H and O–H groups in total. The first kappa shape index (κ1) is 15.4. The van der Waals surface area contributed by atoms with Gasteiger partial charge in [-0.3, -0.25) is 4.90 Å². The maximum absolute atomic E-state index is 8.92. The van der Waals surface area contributed by atoms with E-state index in [1.54, 1.807) is 11.3 Å². The van der Waals surface area contributed by atoms with Crippen LogP contribution in [0.5, 0.6) is 0 Å². The molecule has 6 heteroatoms. The Labute approximate surface area is 129 Å². The molecular formula is C15H19N5S. The molecule has 0 aliphatic heterocycles. The van der Waals surface area contributed by atoms with Crippen LogP contribution < -0.4 is 5.32 Å². The van der Waals surface area contributed by atoms with E-state index in [1.807, 2.05) is 31.3 Å². The number of benzene rings is 1. The molecule has 0 atom stereocenters. The fraction of sp³-hybridized carbons (Fsp3) is 0.400. The van der Waals surface area contributed by atoms with Crippen LogP contribution in [0.3, 0.4) is 0 Å². The standard InChI is InChI=1S/C15H19N5S/c1-3-7-17-15-19-18-14(21-15)11-20(2)10-13-6-4-5-12(8-13)9-16/h4-6,8H,3,7,10-11H2,1-2H3,(H,17,19). The van der Waals surface area contributed by atoms with Gasteiger partial charge >= 0.3 is 0 Å². The quantitative estimate of drug-likeness (QED) is 0.852. The minimum absolute atomic E-state index is 0.697. The number of rotatable bonds is 7. The average molecular weight is 301 g/mol. The molecule has 0 aliphatic rings. The smallest absolute Gasteiger partial charge is 0.205 e. The largest absolute Gasteiger partial charge is 0.360 e. The third kappa shape index (κ3) is 4.81. The maximum Gasteiger partial charge on any atom is 0.205 e. The third-order valence-electron chi connectivity index (χ3n) is 2.91. The summed E-state index contributed by atoms with van der Waals surface area (Å²) in [6.45, 7) is 4.58. The first-order chi connectivity index (χ1) is 10.2. The van der Waals surface area contributed by atoms with Gasteiger partial charge in [-0.15, -0.1) is 10.2 Å². The molecule has 0 saturated carbocycles. The lowest BCUT2D eigenvalue weighted by Gasteiger charge is -2.14. The summed E-state index contributed by atoms with van der Waals surface area (Å²) >= 11 is 1.59. The van der Waals surface area contributed by atoms with Gasteiger partial charge in [-0.05, 0) is 31.2 Å². The molecule has 110 valence electrons. The van der Waals surface area contributed by atoms with Gasteiger partial charge in [0.1, 0.15) is 5.01 Å². The Morgan fingerprint density at radius 2 is 2.19 bits per heavy atom. The highest BCUT2D eigenvalue weighted by Gasteiger charge is 2.07. The van der Waals surface area contributed by atoms with Crippen molar-refractivity contribution >= 4 is 16.5 Å². The summed E-state index contributed by atoms with van der Waals surface area (Å²) in [5.41, 5.74) is 1.83. The van der Waals surface area contributed by atoms with E-state index in [0.29, 0.717) is 5.56 Å². The average Bonchev–Trinajstić information content (AvgIpc) is 2.92. The lowest BCUT2D eigenvalue weighted by Crippen LogP contribution is -2.17. The summed E-state index contributed by atoms with van der Waals surface area (Å²) < 4.78 is 0. The molecule has 0 aliphatic carbocycles. The zero-order valence-electron chi connectivity index (χ0n) is 12.3. The Balaban J connectivity index is 1.90. The second-order valence-corrected chi connectivity index (χ2v) is 5.97. The number of nitriles is 1. The van der Waals surface area contributed by atoms with Crippen molar-refractivity contribution in [2.45, 2.75) is 26.4 Å². The van der Waals surface area contributed by atoms with E-state index in [1.165, 1.54) is 0 Å². The first-order valence-electron chi connectivity index (χ1n) is 6.95. The van der Waals surface area contributed by atoms with Crippen LogP contribution in [0.1, 0.15) is 29.5 Å². The van der Waals surface area contributed by atoms with Crippen LogP contribution in [0, 0.1) is 11.3 Å². The fourth-order valence-corrected chi connectivity index (χ4v) is 2.80. The van der Waals surface area contributed by atoms with Crippen LogP contribution >= 0.6 is 11.3 Å². The monoisotopic (exact) mass is 301 g/mol. The molecule has 0 fully saturated rings.